The van der Waals surface area contributed by atoms with Crippen molar-refractivity contribution in [3.05, 3.63) is 35.3 Å². The molecule has 2 heterocycles. The Labute approximate surface area is 128 Å². The van der Waals surface area contributed by atoms with Gasteiger partial charge in [-0.25, -0.2) is 4.39 Å². The van der Waals surface area contributed by atoms with Crippen molar-refractivity contribution in [1.29, 1.82) is 0 Å². The second kappa shape index (κ2) is 7.59. The largest absolute Gasteiger partial charge is 0.375 e. The number of fused-ring (bicyclic) bond motifs is 1. The number of halogens is 2. The van der Waals surface area contributed by atoms with Crippen molar-refractivity contribution in [2.24, 2.45) is 5.92 Å². The summed E-state index contributed by atoms with van der Waals surface area (Å²) in [7, 11) is 1.49. The molecule has 1 saturated heterocycles. The molecule has 0 saturated carbocycles. The molecular formula is C14H18ClFN2O3. The van der Waals surface area contributed by atoms with Crippen LogP contribution in [-0.2, 0) is 14.4 Å². The summed E-state index contributed by atoms with van der Waals surface area (Å²) in [4.78, 5) is 19.1. The van der Waals surface area contributed by atoms with Gasteiger partial charge in [0.15, 0.2) is 0 Å². The molecule has 2 aliphatic rings. The maximum atomic E-state index is 13.1. The van der Waals surface area contributed by atoms with Crippen molar-refractivity contribution in [2.75, 3.05) is 26.8 Å². The van der Waals surface area contributed by atoms with Crippen LogP contribution in [-0.4, -0.2) is 43.7 Å². The van der Waals surface area contributed by atoms with Gasteiger partial charge in [0.2, 0.25) is 5.91 Å². The molecule has 5 nitrogen and oxygen atoms in total. The number of methoxy groups -OCH3 is 1. The number of nitrogens with zero attached hydrogens (tertiary/aromatic N) is 1. The van der Waals surface area contributed by atoms with Gasteiger partial charge >= 0.3 is 0 Å². The van der Waals surface area contributed by atoms with Crippen molar-refractivity contribution in [2.45, 2.75) is 12.5 Å². The molecule has 0 aromatic heterocycles. The fourth-order valence-electron chi connectivity index (χ4n) is 2.51. The van der Waals surface area contributed by atoms with Gasteiger partial charge in [0.1, 0.15) is 12.4 Å². The molecule has 7 heteroatoms. The third-order valence-corrected chi connectivity index (χ3v) is 3.79. The van der Waals surface area contributed by atoms with E-state index in [0.29, 0.717) is 19.5 Å². The standard InChI is InChI=1S/C14H18ClFN2O3/c1-20-9-14(19)18-5-4-13-12(8-18)10(7-17-21-13)2-3-11(16)6-15/h2-3,6-7,12-13,17H,4-5,8-9H2,1H3/b3-2-,11-6-. The topological polar surface area (TPSA) is 50.8 Å². The Morgan fingerprint density at radius 3 is 3.24 bits per heavy atom. The van der Waals surface area contributed by atoms with Gasteiger partial charge in [-0.3, -0.25) is 15.1 Å². The fourth-order valence-corrected chi connectivity index (χ4v) is 2.59. The molecule has 0 spiro atoms. The highest BCUT2D eigenvalue weighted by Crippen LogP contribution is 2.29. The zero-order chi connectivity index (χ0) is 15.2. The first-order chi connectivity index (χ1) is 10.2. The Morgan fingerprint density at radius 1 is 1.71 bits per heavy atom. The molecule has 0 radical (unpaired) electrons. The minimum atomic E-state index is -0.524. The van der Waals surface area contributed by atoms with Crippen LogP contribution in [0.5, 0.6) is 0 Å². The maximum absolute atomic E-state index is 13.1. The molecule has 0 aromatic carbocycles. The van der Waals surface area contributed by atoms with Crippen LogP contribution < -0.4 is 5.48 Å². The average molecular weight is 317 g/mol. The lowest BCUT2D eigenvalue weighted by Crippen LogP contribution is -2.50. The number of likely N-dealkylation sites (tertiary alicyclic amines) is 1. The summed E-state index contributed by atoms with van der Waals surface area (Å²) in [5, 5.41) is 0. The third-order valence-electron chi connectivity index (χ3n) is 3.58. The minimum absolute atomic E-state index is 0.000168. The zero-order valence-electron chi connectivity index (χ0n) is 11.7. The van der Waals surface area contributed by atoms with E-state index in [9.17, 15) is 9.18 Å². The van der Waals surface area contributed by atoms with Crippen LogP contribution in [0.25, 0.3) is 0 Å². The molecule has 1 N–H and O–H groups in total. The monoisotopic (exact) mass is 316 g/mol. The normalized spacial score (nSPS) is 26.3. The molecule has 0 aromatic rings. The Bertz CT molecular complexity index is 479. The molecular weight excluding hydrogens is 299 g/mol. The molecule has 2 aliphatic heterocycles. The van der Waals surface area contributed by atoms with E-state index in [1.807, 2.05) is 0 Å². The number of ether oxygens (including phenoxy) is 1. The van der Waals surface area contributed by atoms with E-state index in [0.717, 1.165) is 11.1 Å². The molecule has 2 unspecified atom stereocenters. The van der Waals surface area contributed by atoms with Crippen molar-refractivity contribution in [1.82, 2.24) is 10.4 Å². The summed E-state index contributed by atoms with van der Waals surface area (Å²) in [6.45, 7) is 1.21. The number of hydroxylamine groups is 1. The summed E-state index contributed by atoms with van der Waals surface area (Å²) in [5.41, 5.74) is 4.47. The summed E-state index contributed by atoms with van der Waals surface area (Å²) in [5.74, 6) is -0.575. The predicted molar refractivity (Wildman–Crippen MR) is 76.8 cm³/mol. The third kappa shape index (κ3) is 4.06. The highest BCUT2D eigenvalue weighted by Gasteiger charge is 2.35. The number of piperidine rings is 1. The Kier molecular flexibility index (Phi) is 5.78. The first kappa shape index (κ1) is 16.0. The highest BCUT2D eigenvalue weighted by molar-refractivity contribution is 6.25. The minimum Gasteiger partial charge on any atom is -0.375 e. The number of allylic oxidation sites excluding steroid dienone is 3. The van der Waals surface area contributed by atoms with Gasteiger partial charge < -0.3 is 9.64 Å². The number of hydrogen-bond acceptors (Lipinski definition) is 4. The van der Waals surface area contributed by atoms with Crippen molar-refractivity contribution >= 4 is 17.5 Å². The number of carbonyl (C=O) groups is 1. The van der Waals surface area contributed by atoms with Gasteiger partial charge in [0, 0.05) is 37.9 Å². The second-order valence-electron chi connectivity index (χ2n) is 4.91. The van der Waals surface area contributed by atoms with Crippen molar-refractivity contribution < 1.29 is 18.8 Å². The molecule has 21 heavy (non-hydrogen) atoms. The first-order valence-corrected chi connectivity index (χ1v) is 7.11. The van der Waals surface area contributed by atoms with Gasteiger partial charge in [0.05, 0.1) is 6.10 Å². The number of amides is 1. The molecule has 0 bridgehead atoms. The van der Waals surface area contributed by atoms with Crippen LogP contribution in [0.3, 0.4) is 0 Å². The van der Waals surface area contributed by atoms with Gasteiger partial charge in [-0.2, -0.15) is 0 Å². The first-order valence-electron chi connectivity index (χ1n) is 6.67. The van der Waals surface area contributed by atoms with E-state index in [1.54, 1.807) is 17.2 Å². The number of hydrogen-bond donors (Lipinski definition) is 1. The van der Waals surface area contributed by atoms with E-state index in [2.05, 4.69) is 5.48 Å². The Hall–Kier alpha value is -1.37. The predicted octanol–water partition coefficient (Wildman–Crippen LogP) is 1.87. The van der Waals surface area contributed by atoms with Crippen LogP contribution in [0.2, 0.25) is 0 Å². The number of nitrogens with one attached hydrogen (secondary N) is 1. The molecule has 1 amide bonds. The maximum Gasteiger partial charge on any atom is 0.248 e. The SMILES string of the molecule is COCC(=O)N1CCC2ONC=C(/C=C\C(F)=C\Cl)C2C1. The van der Waals surface area contributed by atoms with Crippen molar-refractivity contribution in [3.63, 3.8) is 0 Å². The quantitative estimate of drug-likeness (QED) is 0.805. The lowest BCUT2D eigenvalue weighted by molar-refractivity contribution is -0.141. The molecule has 2 atom stereocenters. The van der Waals surface area contributed by atoms with E-state index >= 15 is 0 Å². The van der Waals surface area contributed by atoms with E-state index in [1.165, 1.54) is 13.2 Å². The van der Waals surface area contributed by atoms with Gasteiger partial charge in [-0.15, -0.1) is 0 Å². The van der Waals surface area contributed by atoms with Crippen molar-refractivity contribution in [3.8, 4) is 0 Å². The van der Waals surface area contributed by atoms with E-state index in [-0.39, 0.29) is 24.5 Å². The Balaban J connectivity index is 2.08. The van der Waals surface area contributed by atoms with Crippen LogP contribution in [0.15, 0.2) is 35.3 Å². The van der Waals surface area contributed by atoms with Gasteiger partial charge in [-0.1, -0.05) is 17.7 Å². The van der Waals surface area contributed by atoms with Gasteiger partial charge in [0.25, 0.3) is 0 Å². The lowest BCUT2D eigenvalue weighted by Gasteiger charge is -2.40. The van der Waals surface area contributed by atoms with Crippen LogP contribution in [0, 0.1) is 5.92 Å². The summed E-state index contributed by atoms with van der Waals surface area (Å²) in [6.07, 6.45) is 5.28. The second-order valence-corrected chi connectivity index (χ2v) is 5.13. The molecule has 1 fully saturated rings. The lowest BCUT2D eigenvalue weighted by atomic mass is 9.87. The van der Waals surface area contributed by atoms with Crippen LogP contribution in [0.4, 0.5) is 4.39 Å². The van der Waals surface area contributed by atoms with Crippen LogP contribution in [0.1, 0.15) is 6.42 Å². The summed E-state index contributed by atoms with van der Waals surface area (Å²) >= 11 is 5.29. The smallest absolute Gasteiger partial charge is 0.248 e. The molecule has 116 valence electrons. The highest BCUT2D eigenvalue weighted by atomic mass is 35.5. The van der Waals surface area contributed by atoms with E-state index < -0.39 is 5.83 Å². The summed E-state index contributed by atoms with van der Waals surface area (Å²) < 4.78 is 18.0. The number of rotatable bonds is 4. The number of carbonyl (C=O) groups excluding carboxylic acids is 1. The van der Waals surface area contributed by atoms with Crippen LogP contribution >= 0.6 is 11.6 Å². The van der Waals surface area contributed by atoms with Gasteiger partial charge in [-0.05, 0) is 18.1 Å². The fraction of sp³-hybridized carbons (Fsp3) is 0.500. The Morgan fingerprint density at radius 2 is 2.52 bits per heavy atom. The summed E-state index contributed by atoms with van der Waals surface area (Å²) in [6, 6.07) is 0. The molecule has 0 aliphatic carbocycles. The van der Waals surface area contributed by atoms with E-state index in [4.69, 9.17) is 21.2 Å². The zero-order valence-corrected chi connectivity index (χ0v) is 12.5. The molecule has 2 rings (SSSR count). The average Bonchev–Trinajstić information content (AvgIpc) is 2.52.